The van der Waals surface area contributed by atoms with E-state index in [1.54, 1.807) is 24.3 Å². The van der Waals surface area contributed by atoms with Crippen molar-refractivity contribution in [1.29, 1.82) is 0 Å². The smallest absolute Gasteiger partial charge is 0.311 e. The normalized spacial score (nSPS) is 17.5. The molecule has 152 valence electrons. The molecule has 5 nitrogen and oxygen atoms in total. The number of nitrogens with one attached hydrogen (secondary N) is 1. The van der Waals surface area contributed by atoms with Crippen LogP contribution in [0.4, 0.5) is 0 Å². The molecule has 27 heavy (non-hydrogen) atoms. The Kier molecular flexibility index (Phi) is 7.46. The number of benzene rings is 1. The van der Waals surface area contributed by atoms with Crippen LogP contribution in [0.1, 0.15) is 64.5 Å². The van der Waals surface area contributed by atoms with Crippen LogP contribution in [0.15, 0.2) is 29.2 Å². The van der Waals surface area contributed by atoms with E-state index in [4.69, 9.17) is 4.74 Å². The van der Waals surface area contributed by atoms with Crippen LogP contribution in [0.5, 0.6) is 0 Å². The van der Waals surface area contributed by atoms with Crippen LogP contribution in [0.25, 0.3) is 0 Å². The Labute approximate surface area is 163 Å². The van der Waals surface area contributed by atoms with Crippen molar-refractivity contribution in [2.24, 2.45) is 11.3 Å². The predicted octanol–water partition coefficient (Wildman–Crippen LogP) is 3.89. The van der Waals surface area contributed by atoms with E-state index in [-0.39, 0.29) is 17.0 Å². The van der Waals surface area contributed by atoms with Crippen LogP contribution < -0.4 is 5.32 Å². The topological polar surface area (TPSA) is 72.5 Å². The Morgan fingerprint density at radius 3 is 2.30 bits per heavy atom. The molecule has 0 aromatic heterocycles. The highest BCUT2D eigenvalue weighted by atomic mass is 32.2. The lowest BCUT2D eigenvalue weighted by atomic mass is 9.91. The van der Waals surface area contributed by atoms with Gasteiger partial charge in [-0.15, -0.1) is 0 Å². The fourth-order valence-electron chi connectivity index (χ4n) is 3.29. The van der Waals surface area contributed by atoms with Gasteiger partial charge >= 0.3 is 5.97 Å². The summed E-state index contributed by atoms with van der Waals surface area (Å²) in [5, 5.41) is 3.38. The minimum atomic E-state index is -3.24. The zero-order valence-electron chi connectivity index (χ0n) is 17.0. The van der Waals surface area contributed by atoms with E-state index in [1.165, 1.54) is 19.1 Å². The molecule has 1 heterocycles. The lowest BCUT2D eigenvalue weighted by Crippen LogP contribution is -2.28. The SMILES string of the molecule is CC(C)(C)C(=O)OC(CCCC1CCNCC1)c1ccc(S(C)(=O)=O)cc1. The van der Waals surface area contributed by atoms with Crippen molar-refractivity contribution in [2.75, 3.05) is 19.3 Å². The van der Waals surface area contributed by atoms with Crippen molar-refractivity contribution in [3.63, 3.8) is 0 Å². The minimum absolute atomic E-state index is 0.235. The maximum atomic E-state index is 12.4. The molecule has 1 unspecified atom stereocenters. The van der Waals surface area contributed by atoms with Gasteiger partial charge in [0.25, 0.3) is 0 Å². The molecule has 0 aliphatic carbocycles. The zero-order chi connectivity index (χ0) is 20.1. The van der Waals surface area contributed by atoms with Gasteiger partial charge in [-0.05, 0) is 83.2 Å². The van der Waals surface area contributed by atoms with Gasteiger partial charge < -0.3 is 10.1 Å². The second-order valence-electron chi connectivity index (χ2n) is 8.61. The highest BCUT2D eigenvalue weighted by Gasteiger charge is 2.27. The molecule has 0 spiro atoms. The number of esters is 1. The largest absolute Gasteiger partial charge is 0.457 e. The number of carbonyl (C=O) groups excluding carboxylic acids is 1. The number of hydrogen-bond donors (Lipinski definition) is 1. The molecule has 1 aromatic carbocycles. The maximum absolute atomic E-state index is 12.4. The summed E-state index contributed by atoms with van der Waals surface area (Å²) in [4.78, 5) is 12.7. The fourth-order valence-corrected chi connectivity index (χ4v) is 3.92. The third kappa shape index (κ3) is 6.92. The van der Waals surface area contributed by atoms with Gasteiger partial charge in [0, 0.05) is 6.26 Å². The third-order valence-corrected chi connectivity index (χ3v) is 6.21. The molecule has 1 aliphatic rings. The van der Waals surface area contributed by atoms with Crippen molar-refractivity contribution < 1.29 is 17.9 Å². The van der Waals surface area contributed by atoms with Gasteiger partial charge in [0.2, 0.25) is 0 Å². The average Bonchev–Trinajstić information content (AvgIpc) is 2.60. The first-order valence-electron chi connectivity index (χ1n) is 9.79. The van der Waals surface area contributed by atoms with E-state index >= 15 is 0 Å². The standard InChI is InChI=1S/C21H33NO4S/c1-21(2,3)20(23)26-19(7-5-6-16-12-14-22-15-13-16)17-8-10-18(11-9-17)27(4,24)25/h8-11,16,19,22H,5-7,12-15H2,1-4H3. The van der Waals surface area contributed by atoms with E-state index in [0.717, 1.165) is 43.8 Å². The third-order valence-electron chi connectivity index (χ3n) is 5.08. The van der Waals surface area contributed by atoms with Gasteiger partial charge in [0.1, 0.15) is 6.10 Å². The fraction of sp³-hybridized carbons (Fsp3) is 0.667. The zero-order valence-corrected chi connectivity index (χ0v) is 17.8. The Morgan fingerprint density at radius 1 is 1.19 bits per heavy atom. The summed E-state index contributed by atoms with van der Waals surface area (Å²) in [6.07, 6.45) is 6.13. The van der Waals surface area contributed by atoms with Gasteiger partial charge in [0.05, 0.1) is 10.3 Å². The molecule has 1 saturated heterocycles. The van der Waals surface area contributed by atoms with E-state index < -0.39 is 15.3 Å². The van der Waals surface area contributed by atoms with Crippen LogP contribution in [0.3, 0.4) is 0 Å². The highest BCUT2D eigenvalue weighted by Crippen LogP contribution is 2.30. The van der Waals surface area contributed by atoms with Crippen LogP contribution in [0, 0.1) is 11.3 Å². The van der Waals surface area contributed by atoms with Crippen LogP contribution in [-0.2, 0) is 19.4 Å². The van der Waals surface area contributed by atoms with Crippen molar-refractivity contribution >= 4 is 15.8 Å². The summed E-state index contributed by atoms with van der Waals surface area (Å²) in [5.41, 5.74) is 0.283. The molecule has 6 heteroatoms. The second-order valence-corrected chi connectivity index (χ2v) is 10.6. The summed E-state index contributed by atoms with van der Waals surface area (Å²) in [5.74, 6) is 0.499. The number of piperidine rings is 1. The molecular formula is C21H33NO4S. The van der Waals surface area contributed by atoms with Crippen molar-refractivity contribution in [2.45, 2.75) is 63.9 Å². The first-order chi connectivity index (χ1) is 12.6. The monoisotopic (exact) mass is 395 g/mol. The molecule has 1 N–H and O–H groups in total. The number of rotatable bonds is 7. The van der Waals surface area contributed by atoms with E-state index in [1.807, 2.05) is 20.8 Å². The predicted molar refractivity (Wildman–Crippen MR) is 107 cm³/mol. The Bertz CT molecular complexity index is 714. The van der Waals surface area contributed by atoms with Crippen molar-refractivity contribution in [3.05, 3.63) is 29.8 Å². The number of hydrogen-bond acceptors (Lipinski definition) is 5. The van der Waals surface area contributed by atoms with E-state index in [2.05, 4.69) is 5.32 Å². The number of sulfone groups is 1. The quantitative estimate of drug-likeness (QED) is 0.709. The molecule has 0 bridgehead atoms. The molecule has 1 atom stereocenters. The molecule has 1 aromatic rings. The minimum Gasteiger partial charge on any atom is -0.457 e. The Morgan fingerprint density at radius 2 is 1.78 bits per heavy atom. The molecule has 1 aliphatic heterocycles. The Balaban J connectivity index is 2.07. The highest BCUT2D eigenvalue weighted by molar-refractivity contribution is 7.90. The maximum Gasteiger partial charge on any atom is 0.311 e. The van der Waals surface area contributed by atoms with E-state index in [9.17, 15) is 13.2 Å². The van der Waals surface area contributed by atoms with Gasteiger partial charge in [-0.3, -0.25) is 4.79 Å². The molecule has 0 amide bonds. The number of carbonyl (C=O) groups is 1. The Hall–Kier alpha value is -1.40. The molecule has 2 rings (SSSR count). The van der Waals surface area contributed by atoms with Crippen LogP contribution in [0.2, 0.25) is 0 Å². The van der Waals surface area contributed by atoms with Crippen molar-refractivity contribution in [1.82, 2.24) is 5.32 Å². The number of ether oxygens (including phenoxy) is 1. The summed E-state index contributed by atoms with van der Waals surface area (Å²) in [7, 11) is -3.24. The molecule has 0 saturated carbocycles. The summed E-state index contributed by atoms with van der Waals surface area (Å²) in [6, 6.07) is 6.72. The summed E-state index contributed by atoms with van der Waals surface area (Å²) in [6.45, 7) is 7.69. The molecule has 0 radical (unpaired) electrons. The molecular weight excluding hydrogens is 362 g/mol. The van der Waals surface area contributed by atoms with E-state index in [0.29, 0.717) is 0 Å². The summed E-state index contributed by atoms with van der Waals surface area (Å²) < 4.78 is 29.2. The first-order valence-corrected chi connectivity index (χ1v) is 11.7. The van der Waals surface area contributed by atoms with Gasteiger partial charge in [0.15, 0.2) is 9.84 Å². The summed E-state index contributed by atoms with van der Waals surface area (Å²) >= 11 is 0. The lowest BCUT2D eigenvalue weighted by molar-refractivity contribution is -0.159. The van der Waals surface area contributed by atoms with Crippen LogP contribution >= 0.6 is 0 Å². The van der Waals surface area contributed by atoms with Crippen LogP contribution in [-0.4, -0.2) is 33.7 Å². The van der Waals surface area contributed by atoms with Gasteiger partial charge in [-0.2, -0.15) is 0 Å². The van der Waals surface area contributed by atoms with Crippen molar-refractivity contribution in [3.8, 4) is 0 Å². The lowest BCUT2D eigenvalue weighted by Gasteiger charge is -2.26. The second kappa shape index (κ2) is 9.20. The average molecular weight is 396 g/mol. The van der Waals surface area contributed by atoms with Gasteiger partial charge in [-0.25, -0.2) is 8.42 Å². The first kappa shape index (κ1) is 21.9. The molecule has 1 fully saturated rings. The van der Waals surface area contributed by atoms with Gasteiger partial charge in [-0.1, -0.05) is 18.6 Å².